The number of aryl methyl sites for hydroxylation is 1. The maximum absolute atomic E-state index is 6.70. The summed E-state index contributed by atoms with van der Waals surface area (Å²) in [4.78, 5) is 4.79. The highest BCUT2D eigenvalue weighted by atomic mass is 16.3. The van der Waals surface area contributed by atoms with Crippen LogP contribution in [-0.4, -0.2) is 0 Å². The molecule has 280 valence electrons. The van der Waals surface area contributed by atoms with Gasteiger partial charge in [-0.3, -0.25) is 0 Å². The van der Waals surface area contributed by atoms with Gasteiger partial charge in [0.05, 0.1) is 22.8 Å². The average Bonchev–Trinajstić information content (AvgIpc) is 3.74. The quantitative estimate of drug-likeness (QED) is 0.169. The van der Waals surface area contributed by atoms with Crippen LogP contribution in [0.25, 0.3) is 66.3 Å². The highest BCUT2D eigenvalue weighted by Gasteiger charge is 2.29. The lowest BCUT2D eigenvalue weighted by Gasteiger charge is -2.29. The van der Waals surface area contributed by atoms with Gasteiger partial charge < -0.3 is 18.6 Å². The van der Waals surface area contributed by atoms with Crippen LogP contribution >= 0.6 is 0 Å². The first-order chi connectivity index (χ1) is 29.1. The Kier molecular flexibility index (Phi) is 7.39. The molecular formula is C55H38N2O2. The minimum Gasteiger partial charge on any atom is -0.454 e. The van der Waals surface area contributed by atoms with Crippen molar-refractivity contribution in [2.24, 2.45) is 0 Å². The van der Waals surface area contributed by atoms with Gasteiger partial charge in [0.15, 0.2) is 11.2 Å². The van der Waals surface area contributed by atoms with Crippen LogP contribution in [0, 0.1) is 6.92 Å². The number of hydrogen-bond acceptors (Lipinski definition) is 4. The summed E-state index contributed by atoms with van der Waals surface area (Å²) in [5.41, 5.74) is 17.5. The second kappa shape index (κ2) is 13.0. The molecule has 2 aromatic heterocycles. The molecule has 0 fully saturated rings. The molecule has 4 heteroatoms. The standard InChI is InChI=1S/C55H38N2O2/c1-34-31-49(56(37-15-5-3-6-16-37)47-23-13-21-43-41-19-9-11-25-51(41)58-54(43)47)36-27-28-40-35(2)32-50(45-30-29-39(34)46(33-36)53(40)45)57(38-17-7-4-8-18-38)48-24-14-22-44-42-20-10-12-26-52(42)59-55(44)48/h3-32H,33H2,1-2H3. The van der Waals surface area contributed by atoms with E-state index < -0.39 is 0 Å². The fourth-order valence-corrected chi connectivity index (χ4v) is 9.66. The first kappa shape index (κ1) is 33.6. The molecule has 10 aromatic rings. The summed E-state index contributed by atoms with van der Waals surface area (Å²) >= 11 is 0. The maximum Gasteiger partial charge on any atom is 0.159 e. The van der Waals surface area contributed by atoms with Gasteiger partial charge in [-0.05, 0) is 113 Å². The minimum absolute atomic E-state index is 0.770. The number of para-hydroxylation sites is 6. The summed E-state index contributed by atoms with van der Waals surface area (Å²) in [5, 5.41) is 6.95. The lowest BCUT2D eigenvalue weighted by molar-refractivity contribution is 0.668. The number of nitrogens with zero attached hydrogens (tertiary/aromatic N) is 2. The predicted octanol–water partition coefficient (Wildman–Crippen LogP) is 15.5. The van der Waals surface area contributed by atoms with E-state index in [0.29, 0.717) is 0 Å². The summed E-state index contributed by atoms with van der Waals surface area (Å²) in [7, 11) is 0. The molecule has 0 unspecified atom stereocenters. The van der Waals surface area contributed by atoms with E-state index in [9.17, 15) is 0 Å². The Labute approximate surface area is 341 Å². The Morgan fingerprint density at radius 1 is 0.475 bits per heavy atom. The van der Waals surface area contributed by atoms with Crippen molar-refractivity contribution in [2.75, 3.05) is 9.80 Å². The summed E-state index contributed by atoms with van der Waals surface area (Å²) < 4.78 is 13.4. The molecule has 59 heavy (non-hydrogen) atoms. The summed E-state index contributed by atoms with van der Waals surface area (Å²) in [6.45, 7) is 4.52. The lowest BCUT2D eigenvalue weighted by Crippen LogP contribution is -2.17. The zero-order valence-electron chi connectivity index (χ0n) is 32.7. The molecule has 12 rings (SSSR count). The Morgan fingerprint density at radius 2 is 1.03 bits per heavy atom. The number of anilines is 5. The summed E-state index contributed by atoms with van der Waals surface area (Å²) in [6, 6.07) is 58.1. The van der Waals surface area contributed by atoms with Crippen molar-refractivity contribution in [1.82, 2.24) is 0 Å². The third-order valence-electron chi connectivity index (χ3n) is 12.3. The first-order valence-electron chi connectivity index (χ1n) is 20.3. The van der Waals surface area contributed by atoms with Crippen molar-refractivity contribution in [2.45, 2.75) is 20.3 Å². The van der Waals surface area contributed by atoms with Crippen LogP contribution in [-0.2, 0) is 6.42 Å². The smallest absolute Gasteiger partial charge is 0.159 e. The largest absolute Gasteiger partial charge is 0.454 e. The predicted molar refractivity (Wildman–Crippen MR) is 246 cm³/mol. The lowest BCUT2D eigenvalue weighted by atomic mass is 9.88. The van der Waals surface area contributed by atoms with E-state index in [1.165, 1.54) is 44.2 Å². The molecule has 0 amide bonds. The van der Waals surface area contributed by atoms with Crippen LogP contribution in [0.15, 0.2) is 196 Å². The molecule has 0 saturated heterocycles. The van der Waals surface area contributed by atoms with E-state index in [1.807, 2.05) is 12.1 Å². The fourth-order valence-electron chi connectivity index (χ4n) is 9.66. The van der Waals surface area contributed by atoms with E-state index >= 15 is 0 Å². The van der Waals surface area contributed by atoms with Crippen LogP contribution < -0.4 is 9.80 Å². The van der Waals surface area contributed by atoms with Crippen LogP contribution in [0.1, 0.15) is 29.2 Å². The van der Waals surface area contributed by atoms with Crippen molar-refractivity contribution >= 4 is 94.7 Å². The number of allylic oxidation sites excluding steroid dienone is 4. The molecule has 0 atom stereocenters. The molecule has 0 aliphatic heterocycles. The minimum atomic E-state index is 0.770. The van der Waals surface area contributed by atoms with E-state index in [4.69, 9.17) is 8.83 Å². The zero-order chi connectivity index (χ0) is 39.2. The van der Waals surface area contributed by atoms with Crippen molar-refractivity contribution < 1.29 is 8.83 Å². The average molecular weight is 759 g/mol. The van der Waals surface area contributed by atoms with E-state index in [0.717, 1.165) is 84.4 Å². The van der Waals surface area contributed by atoms with Gasteiger partial charge in [0, 0.05) is 44.7 Å². The highest BCUT2D eigenvalue weighted by molar-refractivity contribution is 6.14. The molecule has 2 aliphatic carbocycles. The highest BCUT2D eigenvalue weighted by Crippen LogP contribution is 2.50. The fraction of sp³-hybridized carbons (Fsp3) is 0.0545. The van der Waals surface area contributed by atoms with Gasteiger partial charge in [0.25, 0.3) is 0 Å². The third kappa shape index (κ3) is 5.09. The number of benzene rings is 8. The van der Waals surface area contributed by atoms with Crippen LogP contribution in [0.5, 0.6) is 0 Å². The van der Waals surface area contributed by atoms with Gasteiger partial charge in [0.2, 0.25) is 0 Å². The van der Waals surface area contributed by atoms with E-state index in [1.54, 1.807) is 0 Å². The van der Waals surface area contributed by atoms with Gasteiger partial charge in [-0.2, -0.15) is 0 Å². The molecule has 2 aliphatic rings. The second-order valence-corrected chi connectivity index (χ2v) is 15.7. The Morgan fingerprint density at radius 3 is 1.68 bits per heavy atom. The molecule has 0 saturated carbocycles. The Bertz CT molecular complexity index is 3440. The normalized spacial score (nSPS) is 13.5. The van der Waals surface area contributed by atoms with Crippen LogP contribution in [0.2, 0.25) is 0 Å². The molecule has 0 N–H and O–H groups in total. The van der Waals surface area contributed by atoms with Crippen molar-refractivity contribution in [3.05, 3.63) is 209 Å². The molecule has 0 radical (unpaired) electrons. The Balaban J connectivity index is 1.10. The van der Waals surface area contributed by atoms with Crippen LogP contribution in [0.3, 0.4) is 0 Å². The third-order valence-corrected chi connectivity index (χ3v) is 12.3. The molecule has 8 aromatic carbocycles. The molecule has 2 heterocycles. The van der Waals surface area contributed by atoms with Gasteiger partial charge in [-0.1, -0.05) is 121 Å². The van der Waals surface area contributed by atoms with Crippen LogP contribution in [0.4, 0.5) is 28.4 Å². The summed E-state index contributed by atoms with van der Waals surface area (Å²) in [5.74, 6) is 0. The van der Waals surface area contributed by atoms with E-state index in [-0.39, 0.29) is 0 Å². The van der Waals surface area contributed by atoms with Crippen molar-refractivity contribution in [3.8, 4) is 0 Å². The SMILES string of the molecule is CC1=CC(N(c2ccccc2)c2cccc3c2oc2ccccc23)=C2C=Cc3c(C)cc(N(c4ccccc4)c4cccc5c4oc4ccccc45)c4ccc1c(c34)C2. The van der Waals surface area contributed by atoms with Gasteiger partial charge in [-0.25, -0.2) is 0 Å². The number of rotatable bonds is 6. The monoisotopic (exact) mass is 758 g/mol. The molecule has 2 bridgehead atoms. The molecule has 0 spiro atoms. The van der Waals surface area contributed by atoms with Gasteiger partial charge in [0.1, 0.15) is 11.2 Å². The van der Waals surface area contributed by atoms with E-state index in [2.05, 4.69) is 194 Å². The molecular weight excluding hydrogens is 721 g/mol. The molecule has 4 nitrogen and oxygen atoms in total. The number of fused-ring (bicyclic) bond motifs is 7. The second-order valence-electron chi connectivity index (χ2n) is 15.7. The zero-order valence-corrected chi connectivity index (χ0v) is 32.7. The van der Waals surface area contributed by atoms with Crippen molar-refractivity contribution in [3.63, 3.8) is 0 Å². The Hall–Kier alpha value is -7.56. The number of furan rings is 2. The topological polar surface area (TPSA) is 32.8 Å². The van der Waals surface area contributed by atoms with Gasteiger partial charge >= 0.3 is 0 Å². The maximum atomic E-state index is 6.70. The summed E-state index contributed by atoms with van der Waals surface area (Å²) in [6.07, 6.45) is 7.86. The number of hydrogen-bond donors (Lipinski definition) is 0. The van der Waals surface area contributed by atoms with Gasteiger partial charge in [-0.15, -0.1) is 0 Å². The first-order valence-corrected chi connectivity index (χ1v) is 20.3. The van der Waals surface area contributed by atoms with Crippen molar-refractivity contribution in [1.29, 1.82) is 0 Å².